The zero-order chi connectivity index (χ0) is 20.0. The van der Waals surface area contributed by atoms with Crippen molar-refractivity contribution in [2.75, 3.05) is 5.32 Å². The van der Waals surface area contributed by atoms with Gasteiger partial charge in [0.1, 0.15) is 5.75 Å². The predicted octanol–water partition coefficient (Wildman–Crippen LogP) is 4.24. The lowest BCUT2D eigenvalue weighted by molar-refractivity contribution is -0.122. The summed E-state index contributed by atoms with van der Waals surface area (Å²) in [5.74, 6) is 0.376. The molecule has 0 aliphatic rings. The van der Waals surface area contributed by atoms with Crippen LogP contribution in [0.25, 0.3) is 0 Å². The Labute approximate surface area is 161 Å². The molecule has 0 aliphatic carbocycles. The molecule has 144 valence electrons. The Morgan fingerprint density at radius 2 is 1.59 bits per heavy atom. The number of amides is 2. The van der Waals surface area contributed by atoms with E-state index in [-0.39, 0.29) is 17.9 Å². The topological polar surface area (TPSA) is 67.4 Å². The monoisotopic (exact) mass is 368 g/mol. The average Bonchev–Trinajstić information content (AvgIpc) is 2.65. The molecule has 2 atom stereocenters. The largest absolute Gasteiger partial charge is 0.480 e. The highest BCUT2D eigenvalue weighted by molar-refractivity contribution is 5.97. The molecule has 0 heterocycles. The van der Waals surface area contributed by atoms with Crippen LogP contribution in [0.5, 0.6) is 5.75 Å². The molecule has 0 aromatic heterocycles. The molecule has 0 aliphatic heterocycles. The molecule has 0 radical (unpaired) electrons. The van der Waals surface area contributed by atoms with Crippen molar-refractivity contribution in [1.82, 2.24) is 5.32 Å². The smallest absolute Gasteiger partial charge is 0.265 e. The summed E-state index contributed by atoms with van der Waals surface area (Å²) in [6.45, 7) is 9.61. The number of aryl methyl sites for hydroxylation is 2. The van der Waals surface area contributed by atoms with Crippen molar-refractivity contribution in [1.29, 1.82) is 0 Å². The van der Waals surface area contributed by atoms with Crippen molar-refractivity contribution in [3.8, 4) is 5.75 Å². The van der Waals surface area contributed by atoms with Gasteiger partial charge in [-0.15, -0.1) is 0 Å². The second-order valence-electron chi connectivity index (χ2n) is 6.83. The van der Waals surface area contributed by atoms with Gasteiger partial charge in [0, 0.05) is 17.3 Å². The van der Waals surface area contributed by atoms with E-state index in [1.165, 1.54) is 0 Å². The quantitative estimate of drug-likeness (QED) is 0.768. The van der Waals surface area contributed by atoms with Gasteiger partial charge < -0.3 is 15.4 Å². The van der Waals surface area contributed by atoms with Crippen LogP contribution in [-0.2, 0) is 4.79 Å². The molecule has 5 heteroatoms. The van der Waals surface area contributed by atoms with Gasteiger partial charge in [0.15, 0.2) is 6.10 Å². The lowest BCUT2D eigenvalue weighted by Gasteiger charge is -2.18. The number of benzene rings is 2. The maximum atomic E-state index is 12.4. The molecule has 2 amide bonds. The number of carbonyl (C=O) groups excluding carboxylic acids is 2. The molecule has 2 unspecified atom stereocenters. The molecular weight excluding hydrogens is 340 g/mol. The van der Waals surface area contributed by atoms with E-state index in [1.807, 2.05) is 45.9 Å². The van der Waals surface area contributed by atoms with Gasteiger partial charge in [-0.3, -0.25) is 9.59 Å². The van der Waals surface area contributed by atoms with Gasteiger partial charge in [0.2, 0.25) is 0 Å². The van der Waals surface area contributed by atoms with Gasteiger partial charge in [-0.1, -0.05) is 25.1 Å². The van der Waals surface area contributed by atoms with Gasteiger partial charge in [0.05, 0.1) is 0 Å². The Hall–Kier alpha value is -2.82. The van der Waals surface area contributed by atoms with Crippen LogP contribution < -0.4 is 15.4 Å². The molecule has 0 spiro atoms. The highest BCUT2D eigenvalue weighted by atomic mass is 16.5. The van der Waals surface area contributed by atoms with Crippen LogP contribution >= 0.6 is 0 Å². The molecule has 27 heavy (non-hydrogen) atoms. The third-order valence-electron chi connectivity index (χ3n) is 4.48. The van der Waals surface area contributed by atoms with E-state index in [9.17, 15) is 9.59 Å². The minimum atomic E-state index is -0.641. The summed E-state index contributed by atoms with van der Waals surface area (Å²) >= 11 is 0. The summed E-state index contributed by atoms with van der Waals surface area (Å²) in [4.78, 5) is 24.5. The number of ether oxygens (including phenoxy) is 1. The maximum Gasteiger partial charge on any atom is 0.265 e. The Morgan fingerprint density at radius 3 is 2.15 bits per heavy atom. The fourth-order valence-electron chi connectivity index (χ4n) is 2.57. The number of anilines is 1. The van der Waals surface area contributed by atoms with E-state index in [2.05, 4.69) is 10.6 Å². The number of carbonyl (C=O) groups is 2. The van der Waals surface area contributed by atoms with Crippen LogP contribution in [0.3, 0.4) is 0 Å². The van der Waals surface area contributed by atoms with E-state index in [4.69, 9.17) is 4.74 Å². The van der Waals surface area contributed by atoms with E-state index in [0.717, 1.165) is 23.3 Å². The first-order chi connectivity index (χ1) is 12.8. The first kappa shape index (κ1) is 20.5. The average molecular weight is 368 g/mol. The highest BCUT2D eigenvalue weighted by Gasteiger charge is 2.17. The Balaban J connectivity index is 1.98. The zero-order valence-electron chi connectivity index (χ0n) is 16.6. The van der Waals surface area contributed by atoms with Crippen LogP contribution in [0.15, 0.2) is 42.5 Å². The predicted molar refractivity (Wildman–Crippen MR) is 108 cm³/mol. The van der Waals surface area contributed by atoms with Crippen LogP contribution in [0.1, 0.15) is 48.7 Å². The SMILES string of the molecule is CCC(C)NC(=O)c1ccc(NC(=O)C(C)Oc2c(C)cccc2C)cc1. The summed E-state index contributed by atoms with van der Waals surface area (Å²) in [6.07, 6.45) is 0.233. The molecule has 5 nitrogen and oxygen atoms in total. The molecule has 2 aromatic rings. The zero-order valence-corrected chi connectivity index (χ0v) is 16.6. The van der Waals surface area contributed by atoms with Crippen LogP contribution in [0.2, 0.25) is 0 Å². The van der Waals surface area contributed by atoms with Crippen molar-refractivity contribution in [2.24, 2.45) is 0 Å². The molecule has 0 saturated heterocycles. The lowest BCUT2D eigenvalue weighted by atomic mass is 10.1. The highest BCUT2D eigenvalue weighted by Crippen LogP contribution is 2.24. The summed E-state index contributed by atoms with van der Waals surface area (Å²) in [5.41, 5.74) is 3.17. The van der Waals surface area contributed by atoms with E-state index >= 15 is 0 Å². The maximum absolute atomic E-state index is 12.4. The van der Waals surface area contributed by atoms with Crippen molar-refractivity contribution < 1.29 is 14.3 Å². The third kappa shape index (κ3) is 5.58. The van der Waals surface area contributed by atoms with Crippen molar-refractivity contribution in [2.45, 2.75) is 53.2 Å². The molecular formula is C22H28N2O3. The third-order valence-corrected chi connectivity index (χ3v) is 4.48. The van der Waals surface area contributed by atoms with Gasteiger partial charge in [0.25, 0.3) is 11.8 Å². The molecule has 2 aromatic carbocycles. The number of hydrogen-bond acceptors (Lipinski definition) is 3. The Bertz CT molecular complexity index is 779. The molecule has 2 rings (SSSR count). The van der Waals surface area contributed by atoms with Crippen LogP contribution in [0.4, 0.5) is 5.69 Å². The number of para-hydroxylation sites is 1. The second-order valence-corrected chi connectivity index (χ2v) is 6.83. The van der Waals surface area contributed by atoms with Gasteiger partial charge in [-0.05, 0) is 69.5 Å². The molecule has 2 N–H and O–H groups in total. The Kier molecular flexibility index (Phi) is 6.99. The molecule has 0 saturated carbocycles. The minimum Gasteiger partial charge on any atom is -0.480 e. The fraction of sp³-hybridized carbons (Fsp3) is 0.364. The normalized spacial score (nSPS) is 12.8. The van der Waals surface area contributed by atoms with Crippen molar-refractivity contribution >= 4 is 17.5 Å². The van der Waals surface area contributed by atoms with Gasteiger partial charge in [-0.2, -0.15) is 0 Å². The fourth-order valence-corrected chi connectivity index (χ4v) is 2.57. The number of rotatable bonds is 7. The minimum absolute atomic E-state index is 0.117. The standard InChI is InChI=1S/C22H28N2O3/c1-6-16(4)23-22(26)18-10-12-19(13-11-18)24-21(25)17(5)27-20-14(2)8-7-9-15(20)3/h7-13,16-17H,6H2,1-5H3,(H,23,26)(H,24,25). The van der Waals surface area contributed by atoms with Crippen LogP contribution in [-0.4, -0.2) is 24.0 Å². The number of hydrogen-bond donors (Lipinski definition) is 2. The van der Waals surface area contributed by atoms with Gasteiger partial charge in [-0.25, -0.2) is 0 Å². The lowest BCUT2D eigenvalue weighted by Crippen LogP contribution is -2.32. The van der Waals surface area contributed by atoms with Crippen molar-refractivity contribution in [3.63, 3.8) is 0 Å². The second kappa shape index (κ2) is 9.21. The summed E-state index contributed by atoms with van der Waals surface area (Å²) in [7, 11) is 0. The van der Waals surface area contributed by atoms with E-state index < -0.39 is 6.10 Å². The van der Waals surface area contributed by atoms with Gasteiger partial charge >= 0.3 is 0 Å². The summed E-state index contributed by atoms with van der Waals surface area (Å²) in [6, 6.07) is 12.8. The first-order valence-corrected chi connectivity index (χ1v) is 9.26. The van der Waals surface area contributed by atoms with E-state index in [0.29, 0.717) is 11.3 Å². The summed E-state index contributed by atoms with van der Waals surface area (Å²) < 4.78 is 5.85. The first-order valence-electron chi connectivity index (χ1n) is 9.26. The van der Waals surface area contributed by atoms with E-state index in [1.54, 1.807) is 31.2 Å². The number of nitrogens with one attached hydrogen (secondary N) is 2. The molecule has 0 bridgehead atoms. The van der Waals surface area contributed by atoms with Crippen LogP contribution in [0, 0.1) is 13.8 Å². The Morgan fingerprint density at radius 1 is 1.00 bits per heavy atom. The molecule has 0 fully saturated rings. The van der Waals surface area contributed by atoms with Crippen molar-refractivity contribution in [3.05, 3.63) is 59.2 Å². The summed E-state index contributed by atoms with van der Waals surface area (Å²) in [5, 5.41) is 5.74.